The molecule has 0 bridgehead atoms. The van der Waals surface area contributed by atoms with E-state index in [1.165, 1.54) is 44.5 Å². The molecular weight excluding hydrogens is 558 g/mol. The van der Waals surface area contributed by atoms with Gasteiger partial charge in [0.25, 0.3) is 11.8 Å². The topological polar surface area (TPSA) is 116 Å². The number of nitrogens with one attached hydrogen (secondary N) is 2. The second-order valence-corrected chi connectivity index (χ2v) is 10.2. The van der Waals surface area contributed by atoms with E-state index in [2.05, 4.69) is 20.6 Å². The number of carbonyl (C=O) groups is 2. The van der Waals surface area contributed by atoms with Crippen LogP contribution in [0.1, 0.15) is 32.1 Å². The summed E-state index contributed by atoms with van der Waals surface area (Å²) in [5, 5.41) is 5.48. The van der Waals surface area contributed by atoms with Gasteiger partial charge in [-0.2, -0.15) is 0 Å². The van der Waals surface area contributed by atoms with Crippen LogP contribution in [0.15, 0.2) is 71.4 Å². The zero-order chi connectivity index (χ0) is 30.3. The molecule has 9 nitrogen and oxygen atoms in total. The van der Waals surface area contributed by atoms with Crippen molar-refractivity contribution in [2.45, 2.75) is 12.5 Å². The van der Waals surface area contributed by atoms with E-state index in [9.17, 15) is 14.0 Å². The molecule has 2 amide bonds. The molecule has 0 aliphatic carbocycles. The third-order valence-corrected chi connectivity index (χ3v) is 7.48. The molecule has 5 aromatic rings. The molecule has 6 rings (SSSR count). The van der Waals surface area contributed by atoms with Gasteiger partial charge >= 0.3 is 0 Å². The van der Waals surface area contributed by atoms with Crippen LogP contribution in [0.5, 0.6) is 5.75 Å². The van der Waals surface area contributed by atoms with Crippen molar-refractivity contribution in [3.63, 3.8) is 0 Å². The molecule has 0 atom stereocenters. The maximum Gasteiger partial charge on any atom is 0.256 e. The van der Waals surface area contributed by atoms with E-state index < -0.39 is 29.0 Å². The van der Waals surface area contributed by atoms with Crippen molar-refractivity contribution < 1.29 is 32.3 Å². The predicted octanol–water partition coefficient (Wildman–Crippen LogP) is 5.17. The number of methoxy groups -OCH3 is 1. The van der Waals surface area contributed by atoms with Gasteiger partial charge in [-0.15, -0.1) is 0 Å². The van der Waals surface area contributed by atoms with Crippen molar-refractivity contribution in [1.29, 1.82) is 0 Å². The van der Waals surface area contributed by atoms with Crippen molar-refractivity contribution in [1.82, 2.24) is 20.6 Å². The number of halogens is 2. The summed E-state index contributed by atoms with van der Waals surface area (Å²) in [6, 6.07) is 13.3. The Morgan fingerprint density at radius 2 is 1.70 bits per heavy atom. The number of hydrogen-bond donors (Lipinski definition) is 2. The van der Waals surface area contributed by atoms with Crippen LogP contribution >= 0.6 is 0 Å². The van der Waals surface area contributed by atoms with E-state index in [-0.39, 0.29) is 52.4 Å². The number of amides is 2. The van der Waals surface area contributed by atoms with Crippen molar-refractivity contribution in [3.8, 4) is 28.2 Å². The van der Waals surface area contributed by atoms with Crippen LogP contribution in [0.25, 0.3) is 33.4 Å². The summed E-state index contributed by atoms with van der Waals surface area (Å²) in [5.74, 6) is -1.42. The van der Waals surface area contributed by atoms with E-state index >= 15 is 4.39 Å². The molecule has 2 N–H and O–H groups in total. The van der Waals surface area contributed by atoms with Crippen LogP contribution in [-0.4, -0.2) is 49.2 Å². The minimum Gasteiger partial charge on any atom is -0.496 e. The van der Waals surface area contributed by atoms with Crippen LogP contribution in [0.3, 0.4) is 0 Å². The Bertz CT molecular complexity index is 1870. The van der Waals surface area contributed by atoms with Gasteiger partial charge in [-0.1, -0.05) is 0 Å². The van der Waals surface area contributed by atoms with Crippen LogP contribution in [0.2, 0.25) is 0 Å². The van der Waals surface area contributed by atoms with Crippen molar-refractivity contribution in [2.75, 3.05) is 27.4 Å². The molecule has 0 spiro atoms. The SMILES string of the molecule is CNC(=O)c1c(-c2ccc(F)cc2)oc2ccc(-c3cc(C(=O)NC4(c5ncccn5)COC4)c(OC)cc3C)c(F)c12. The third kappa shape index (κ3) is 4.77. The molecule has 2 aromatic heterocycles. The fourth-order valence-corrected chi connectivity index (χ4v) is 5.22. The molecule has 1 fully saturated rings. The number of rotatable bonds is 7. The van der Waals surface area contributed by atoms with E-state index in [1.54, 1.807) is 43.6 Å². The molecular formula is C32H26F2N4O5. The molecule has 0 saturated carbocycles. The Balaban J connectivity index is 1.47. The molecule has 3 aromatic carbocycles. The number of nitrogens with zero attached hydrogens (tertiary/aromatic N) is 2. The van der Waals surface area contributed by atoms with E-state index in [1.807, 2.05) is 0 Å². The predicted molar refractivity (Wildman–Crippen MR) is 154 cm³/mol. The lowest BCUT2D eigenvalue weighted by atomic mass is 9.92. The number of ether oxygens (including phenoxy) is 2. The minimum atomic E-state index is -0.922. The summed E-state index contributed by atoms with van der Waals surface area (Å²) >= 11 is 0. The molecule has 1 aliphatic rings. The van der Waals surface area contributed by atoms with Gasteiger partial charge < -0.3 is 24.5 Å². The highest BCUT2D eigenvalue weighted by atomic mass is 19.1. The van der Waals surface area contributed by atoms with E-state index in [4.69, 9.17) is 13.9 Å². The zero-order valence-corrected chi connectivity index (χ0v) is 23.5. The largest absolute Gasteiger partial charge is 0.496 e. The maximum absolute atomic E-state index is 16.5. The summed E-state index contributed by atoms with van der Waals surface area (Å²) in [5.41, 5.74) is 0.945. The summed E-state index contributed by atoms with van der Waals surface area (Å²) in [6.07, 6.45) is 3.17. The summed E-state index contributed by atoms with van der Waals surface area (Å²) in [6.45, 7) is 2.14. The number of benzene rings is 3. The molecule has 43 heavy (non-hydrogen) atoms. The van der Waals surface area contributed by atoms with Crippen molar-refractivity contribution in [3.05, 3.63) is 101 Å². The highest BCUT2D eigenvalue weighted by Gasteiger charge is 2.45. The van der Waals surface area contributed by atoms with Gasteiger partial charge in [-0.25, -0.2) is 18.7 Å². The lowest BCUT2D eigenvalue weighted by Gasteiger charge is -2.40. The molecule has 1 saturated heterocycles. The average molecular weight is 585 g/mol. The van der Waals surface area contributed by atoms with E-state index in [0.29, 0.717) is 22.5 Å². The van der Waals surface area contributed by atoms with Crippen molar-refractivity contribution in [2.24, 2.45) is 0 Å². The highest BCUT2D eigenvalue weighted by Crippen LogP contribution is 2.40. The first-order valence-corrected chi connectivity index (χ1v) is 13.4. The van der Waals surface area contributed by atoms with Gasteiger partial charge in [0.15, 0.2) is 5.82 Å². The first-order chi connectivity index (χ1) is 20.8. The Hall–Kier alpha value is -5.16. The quantitative estimate of drug-likeness (QED) is 0.271. The monoisotopic (exact) mass is 584 g/mol. The Labute approximate surface area is 244 Å². The first kappa shape index (κ1) is 28.0. The second kappa shape index (κ2) is 10.9. The fourth-order valence-electron chi connectivity index (χ4n) is 5.22. The zero-order valence-electron chi connectivity index (χ0n) is 23.5. The number of hydrogen-bond acceptors (Lipinski definition) is 7. The first-order valence-electron chi connectivity index (χ1n) is 13.4. The maximum atomic E-state index is 16.5. The molecule has 0 radical (unpaired) electrons. The fraction of sp³-hybridized carbons (Fsp3) is 0.188. The van der Waals surface area contributed by atoms with Gasteiger partial charge in [0.05, 0.1) is 36.8 Å². The molecule has 0 unspecified atom stereocenters. The number of furan rings is 1. The van der Waals surface area contributed by atoms with Crippen molar-refractivity contribution >= 4 is 22.8 Å². The average Bonchev–Trinajstić information content (AvgIpc) is 3.40. The van der Waals surface area contributed by atoms with Gasteiger partial charge in [-0.05, 0) is 72.6 Å². The summed E-state index contributed by atoms with van der Waals surface area (Å²) in [4.78, 5) is 35.3. The Morgan fingerprint density at radius 1 is 0.977 bits per heavy atom. The molecule has 1 aliphatic heterocycles. The lowest BCUT2D eigenvalue weighted by Crippen LogP contribution is -2.60. The van der Waals surface area contributed by atoms with Crippen LogP contribution in [-0.2, 0) is 10.3 Å². The van der Waals surface area contributed by atoms with Gasteiger partial charge in [-0.3, -0.25) is 9.59 Å². The number of fused-ring (bicyclic) bond motifs is 1. The molecule has 11 heteroatoms. The van der Waals surface area contributed by atoms with Crippen LogP contribution in [0.4, 0.5) is 8.78 Å². The number of aromatic nitrogens is 2. The summed E-state index contributed by atoms with van der Waals surface area (Å²) in [7, 11) is 2.87. The summed E-state index contributed by atoms with van der Waals surface area (Å²) < 4.78 is 46.9. The van der Waals surface area contributed by atoms with Gasteiger partial charge in [0.2, 0.25) is 0 Å². The lowest BCUT2D eigenvalue weighted by molar-refractivity contribution is -0.0778. The minimum absolute atomic E-state index is 0.0256. The van der Waals surface area contributed by atoms with E-state index in [0.717, 1.165) is 0 Å². The normalized spacial score (nSPS) is 13.8. The Morgan fingerprint density at radius 3 is 2.33 bits per heavy atom. The Kier molecular flexibility index (Phi) is 7.10. The smallest absolute Gasteiger partial charge is 0.256 e. The van der Waals surface area contributed by atoms with Crippen LogP contribution in [0, 0.1) is 18.6 Å². The third-order valence-electron chi connectivity index (χ3n) is 7.48. The highest BCUT2D eigenvalue weighted by molar-refractivity contribution is 6.12. The van der Waals surface area contributed by atoms with Gasteiger partial charge in [0, 0.05) is 30.6 Å². The van der Waals surface area contributed by atoms with Crippen LogP contribution < -0.4 is 15.4 Å². The van der Waals surface area contributed by atoms with Gasteiger partial charge in [0.1, 0.15) is 34.3 Å². The molecule has 3 heterocycles. The number of aryl methyl sites for hydroxylation is 1. The standard InChI is InChI=1S/C32H26F2N4O5/c1-17-13-24(41-3)22(29(39)38-32(15-42-16-32)31-36-11-4-12-37-31)14-21(17)20-9-10-23-25(27(20)34)26(30(40)35-2)28(43-23)18-5-7-19(33)8-6-18/h4-14H,15-16H2,1-3H3,(H,35,40)(H,38,39). The second-order valence-electron chi connectivity index (χ2n) is 10.2. The number of carbonyl (C=O) groups excluding carboxylic acids is 2. The molecule has 218 valence electrons.